The van der Waals surface area contributed by atoms with E-state index in [1.54, 1.807) is 24.4 Å². The first-order valence-corrected chi connectivity index (χ1v) is 12.0. The minimum absolute atomic E-state index is 0.145. The Bertz CT molecular complexity index is 1560. The van der Waals surface area contributed by atoms with E-state index in [1.807, 2.05) is 29.3 Å². The third-order valence-electron chi connectivity index (χ3n) is 6.23. The molecule has 1 amide bonds. The first-order chi connectivity index (χ1) is 18.2. The number of aliphatic hydroxyl groups is 1. The normalized spacial score (nSPS) is 14.3. The second-order valence-corrected chi connectivity index (χ2v) is 8.76. The quantitative estimate of drug-likeness (QED) is 0.342. The Morgan fingerprint density at radius 2 is 1.92 bits per heavy atom. The Morgan fingerprint density at radius 1 is 1.08 bits per heavy atom. The van der Waals surface area contributed by atoms with Crippen LogP contribution in [-0.2, 0) is 13.2 Å². The highest BCUT2D eigenvalue weighted by Crippen LogP contribution is 2.29. The average Bonchev–Trinajstić information content (AvgIpc) is 3.59. The smallest absolute Gasteiger partial charge is 0.267 e. The molecule has 1 aliphatic rings. The number of carbonyl (C=O) groups excluding carboxylic acids is 1. The van der Waals surface area contributed by atoms with Crippen LogP contribution in [0.3, 0.4) is 0 Å². The molecule has 12 heteroatoms. The summed E-state index contributed by atoms with van der Waals surface area (Å²) in [5, 5.41) is 29.9. The Morgan fingerprint density at radius 3 is 2.68 bits per heavy atom. The Hall–Kier alpha value is -4.42. The number of hydrazine groups is 1. The van der Waals surface area contributed by atoms with Crippen LogP contribution in [0.4, 0.5) is 0 Å². The van der Waals surface area contributed by atoms with E-state index in [4.69, 9.17) is 9.26 Å². The van der Waals surface area contributed by atoms with Crippen molar-refractivity contribution in [2.24, 2.45) is 0 Å². The van der Waals surface area contributed by atoms with Crippen molar-refractivity contribution in [3.05, 3.63) is 65.7 Å². The number of benzene rings is 1. The number of carbonyl (C=O) groups is 1. The molecule has 0 saturated carbocycles. The number of aromatic nitrogens is 6. The number of hydrogen-bond acceptors (Lipinski definition) is 10. The lowest BCUT2D eigenvalue weighted by Crippen LogP contribution is -2.45. The minimum Gasteiger partial charge on any atom is -0.470 e. The molecule has 1 aromatic carbocycles. The van der Waals surface area contributed by atoms with Crippen molar-refractivity contribution in [3.63, 3.8) is 0 Å². The molecule has 0 radical (unpaired) electrons. The maximum atomic E-state index is 12.5. The lowest BCUT2D eigenvalue weighted by atomic mass is 10.2. The van der Waals surface area contributed by atoms with E-state index < -0.39 is 0 Å². The SMILES string of the molecule is O=C(NN1CCCCC1)c1ccc(COc2nn3c(-c4cc(CO)on4)nnc3c3ccccc23)nc1. The van der Waals surface area contributed by atoms with E-state index in [2.05, 4.69) is 30.9 Å². The molecule has 1 fully saturated rings. The number of rotatable bonds is 7. The van der Waals surface area contributed by atoms with Crippen molar-refractivity contribution in [1.29, 1.82) is 0 Å². The summed E-state index contributed by atoms with van der Waals surface area (Å²) >= 11 is 0. The van der Waals surface area contributed by atoms with Gasteiger partial charge in [0.05, 0.1) is 11.3 Å². The maximum Gasteiger partial charge on any atom is 0.267 e. The number of ether oxygens (including phenoxy) is 1. The summed E-state index contributed by atoms with van der Waals surface area (Å²) in [6.07, 6.45) is 4.92. The Kier molecular flexibility index (Phi) is 6.16. The first-order valence-electron chi connectivity index (χ1n) is 12.0. The van der Waals surface area contributed by atoms with Gasteiger partial charge in [-0.2, -0.15) is 4.52 Å². The fraction of sp³-hybridized carbons (Fsp3) is 0.280. The van der Waals surface area contributed by atoms with Gasteiger partial charge >= 0.3 is 0 Å². The van der Waals surface area contributed by atoms with Crippen LogP contribution >= 0.6 is 0 Å². The molecule has 0 aliphatic carbocycles. The van der Waals surface area contributed by atoms with E-state index in [1.165, 1.54) is 10.9 Å². The van der Waals surface area contributed by atoms with Gasteiger partial charge in [-0.1, -0.05) is 29.8 Å². The maximum absolute atomic E-state index is 12.5. The fourth-order valence-corrected chi connectivity index (χ4v) is 4.31. The number of nitrogens with one attached hydrogen (secondary N) is 1. The fourth-order valence-electron chi connectivity index (χ4n) is 4.31. The predicted octanol–water partition coefficient (Wildman–Crippen LogP) is 2.53. The monoisotopic (exact) mass is 500 g/mol. The van der Waals surface area contributed by atoms with Gasteiger partial charge in [-0.25, -0.2) is 5.01 Å². The molecule has 188 valence electrons. The molecular weight excluding hydrogens is 476 g/mol. The van der Waals surface area contributed by atoms with Gasteiger partial charge in [0, 0.05) is 36.1 Å². The van der Waals surface area contributed by atoms with Crippen molar-refractivity contribution >= 4 is 22.3 Å². The van der Waals surface area contributed by atoms with E-state index >= 15 is 0 Å². The number of amides is 1. The van der Waals surface area contributed by atoms with Crippen molar-refractivity contribution in [2.45, 2.75) is 32.5 Å². The summed E-state index contributed by atoms with van der Waals surface area (Å²) < 4.78 is 12.7. The van der Waals surface area contributed by atoms with Gasteiger partial charge in [0.2, 0.25) is 11.7 Å². The zero-order chi connectivity index (χ0) is 25.2. The van der Waals surface area contributed by atoms with Crippen LogP contribution < -0.4 is 10.2 Å². The van der Waals surface area contributed by atoms with E-state index in [9.17, 15) is 9.90 Å². The number of piperidine rings is 1. The molecule has 1 saturated heterocycles. The van der Waals surface area contributed by atoms with Crippen molar-refractivity contribution in [1.82, 2.24) is 40.4 Å². The van der Waals surface area contributed by atoms with Gasteiger partial charge < -0.3 is 14.4 Å². The lowest BCUT2D eigenvalue weighted by molar-refractivity contribution is 0.0749. The zero-order valence-electron chi connectivity index (χ0n) is 19.9. The lowest BCUT2D eigenvalue weighted by Gasteiger charge is -2.26. The summed E-state index contributed by atoms with van der Waals surface area (Å²) in [5.74, 6) is 0.862. The highest BCUT2D eigenvalue weighted by Gasteiger charge is 2.19. The van der Waals surface area contributed by atoms with Crippen LogP contribution in [0, 0.1) is 0 Å². The second kappa shape index (κ2) is 9.91. The number of hydrogen-bond donors (Lipinski definition) is 2. The molecule has 37 heavy (non-hydrogen) atoms. The minimum atomic E-state index is -0.278. The van der Waals surface area contributed by atoms with Crippen LogP contribution in [0.5, 0.6) is 5.88 Å². The van der Waals surface area contributed by atoms with E-state index in [0.717, 1.165) is 36.7 Å². The molecule has 4 aromatic heterocycles. The van der Waals surface area contributed by atoms with Gasteiger partial charge in [0.25, 0.3) is 5.91 Å². The molecule has 0 spiro atoms. The molecule has 1 aliphatic heterocycles. The summed E-state index contributed by atoms with van der Waals surface area (Å²) in [6, 6.07) is 12.7. The van der Waals surface area contributed by atoms with Gasteiger partial charge in [0.1, 0.15) is 13.2 Å². The highest BCUT2D eigenvalue weighted by atomic mass is 16.5. The summed E-state index contributed by atoms with van der Waals surface area (Å²) in [6.45, 7) is 1.60. The number of pyridine rings is 1. The molecule has 5 aromatic rings. The van der Waals surface area contributed by atoms with Gasteiger partial charge in [-0.15, -0.1) is 15.3 Å². The summed E-state index contributed by atoms with van der Waals surface area (Å²) in [4.78, 5) is 17.0. The molecule has 6 rings (SSSR count). The Balaban J connectivity index is 1.24. The molecule has 0 atom stereocenters. The molecule has 0 unspecified atom stereocenters. The largest absolute Gasteiger partial charge is 0.470 e. The van der Waals surface area contributed by atoms with Crippen molar-refractivity contribution in [3.8, 4) is 17.4 Å². The van der Waals surface area contributed by atoms with Crippen molar-refractivity contribution in [2.75, 3.05) is 13.1 Å². The molecule has 12 nitrogen and oxygen atoms in total. The average molecular weight is 501 g/mol. The molecular formula is C25H24N8O4. The summed E-state index contributed by atoms with van der Waals surface area (Å²) in [5.41, 5.74) is 5.01. The van der Waals surface area contributed by atoms with E-state index in [0.29, 0.717) is 40.1 Å². The zero-order valence-corrected chi connectivity index (χ0v) is 19.9. The topological polar surface area (TPSA) is 144 Å². The molecule has 5 heterocycles. The van der Waals surface area contributed by atoms with Crippen LogP contribution in [0.25, 0.3) is 27.9 Å². The van der Waals surface area contributed by atoms with Crippen LogP contribution in [0.15, 0.2) is 53.2 Å². The van der Waals surface area contributed by atoms with Crippen LogP contribution in [0.2, 0.25) is 0 Å². The van der Waals surface area contributed by atoms with Gasteiger partial charge in [-0.3, -0.25) is 15.2 Å². The number of nitrogens with zero attached hydrogens (tertiary/aromatic N) is 7. The van der Waals surface area contributed by atoms with Gasteiger partial charge in [0.15, 0.2) is 17.1 Å². The highest BCUT2D eigenvalue weighted by molar-refractivity contribution is 5.97. The predicted molar refractivity (Wildman–Crippen MR) is 131 cm³/mol. The number of fused-ring (bicyclic) bond motifs is 3. The van der Waals surface area contributed by atoms with Crippen molar-refractivity contribution < 1.29 is 19.2 Å². The number of aliphatic hydroxyl groups excluding tert-OH is 1. The van der Waals surface area contributed by atoms with E-state index in [-0.39, 0.29) is 19.1 Å². The third kappa shape index (κ3) is 4.59. The van der Waals surface area contributed by atoms with Crippen LogP contribution in [0.1, 0.15) is 41.1 Å². The van der Waals surface area contributed by atoms with Gasteiger partial charge in [-0.05, 0) is 31.0 Å². The Labute approximate surface area is 210 Å². The van der Waals surface area contributed by atoms with Crippen LogP contribution in [-0.4, -0.2) is 59.1 Å². The standard InChI is InChI=1S/C25H24N8O4/c34-14-18-12-21(31-37-18)23-28-27-22-19-6-2-3-7-20(19)25(30-33(22)23)36-15-17-9-8-16(13-26-17)24(35)29-32-10-4-1-5-11-32/h2-3,6-9,12-13,34H,1,4-5,10-11,14-15H2,(H,29,35). The third-order valence-corrected chi connectivity index (χ3v) is 6.23. The first kappa shape index (κ1) is 23.0. The molecule has 0 bridgehead atoms. The molecule has 2 N–H and O–H groups in total. The summed E-state index contributed by atoms with van der Waals surface area (Å²) in [7, 11) is 0. The second-order valence-electron chi connectivity index (χ2n) is 8.76.